The molecular weight excluding hydrogens is 338 g/mol. The van der Waals surface area contributed by atoms with Crippen LogP contribution in [0, 0.1) is 0 Å². The van der Waals surface area contributed by atoms with E-state index in [4.69, 9.17) is 21.4 Å². The quantitative estimate of drug-likeness (QED) is 0.734. The molecule has 2 aromatic rings. The van der Waals surface area contributed by atoms with Crippen molar-refractivity contribution in [2.24, 2.45) is 0 Å². The van der Waals surface area contributed by atoms with E-state index in [2.05, 4.69) is 5.32 Å². The van der Waals surface area contributed by atoms with Gasteiger partial charge in [0.05, 0.1) is 7.11 Å². The van der Waals surface area contributed by atoms with Gasteiger partial charge in [-0.3, -0.25) is 4.79 Å². The summed E-state index contributed by atoms with van der Waals surface area (Å²) < 4.78 is 5.37. The number of benzene rings is 2. The largest absolute Gasteiger partial charge is 0.496 e. The predicted octanol–water partition coefficient (Wildman–Crippen LogP) is 4.02. The highest BCUT2D eigenvalue weighted by Crippen LogP contribution is 2.23. The van der Waals surface area contributed by atoms with Gasteiger partial charge >= 0.3 is 0 Å². The fraction of sp³-hybridized carbons (Fsp3) is 0.250. The summed E-state index contributed by atoms with van der Waals surface area (Å²) >= 11 is 5.89. The molecule has 0 saturated heterocycles. The Morgan fingerprint density at radius 2 is 1.96 bits per heavy atom. The van der Waals surface area contributed by atoms with Gasteiger partial charge in [-0.25, -0.2) is 0 Å². The summed E-state index contributed by atoms with van der Waals surface area (Å²) in [5, 5.41) is 12.5. The van der Waals surface area contributed by atoms with E-state index in [1.165, 1.54) is 0 Å². The van der Waals surface area contributed by atoms with E-state index in [1.54, 1.807) is 25.3 Å². The highest BCUT2D eigenvalue weighted by Gasteiger charge is 2.11. The Labute approximate surface area is 153 Å². The molecule has 0 aliphatic rings. The zero-order valence-corrected chi connectivity index (χ0v) is 15.1. The number of amides is 1. The van der Waals surface area contributed by atoms with Crippen LogP contribution in [0.4, 0.5) is 0 Å². The van der Waals surface area contributed by atoms with Crippen LogP contribution in [0.25, 0.3) is 12.2 Å². The van der Waals surface area contributed by atoms with Crippen LogP contribution >= 0.6 is 11.6 Å². The van der Waals surface area contributed by atoms with Crippen molar-refractivity contribution in [3.8, 4) is 5.75 Å². The van der Waals surface area contributed by atoms with Crippen LogP contribution in [0.5, 0.6) is 5.75 Å². The van der Waals surface area contributed by atoms with Gasteiger partial charge in [0, 0.05) is 28.8 Å². The van der Waals surface area contributed by atoms with Crippen molar-refractivity contribution >= 4 is 29.7 Å². The number of nitrogens with one attached hydrogen (secondary N) is 1. The monoisotopic (exact) mass is 359 g/mol. The molecule has 2 aromatic carbocycles. The molecule has 1 atom stereocenters. The lowest BCUT2D eigenvalue weighted by atomic mass is 10.1. The number of carbonyl (C=O) groups is 1. The number of aliphatic hydroxyl groups is 1. The standard InChI is InChI=1S/C20H22ClNO3/c1-14(11-12-23)22-20(24)17-7-10-19(25-2)16(13-17)6-3-15-4-8-18(21)9-5-15/h3-10,13-14,23H,11-12H2,1-2H3,(H,22,24)/b6-3+. The Morgan fingerprint density at radius 1 is 1.24 bits per heavy atom. The van der Waals surface area contributed by atoms with Crippen LogP contribution in [-0.4, -0.2) is 30.8 Å². The molecule has 0 bridgehead atoms. The third-order valence-corrected chi connectivity index (χ3v) is 4.01. The molecule has 2 rings (SSSR count). The molecule has 2 N–H and O–H groups in total. The highest BCUT2D eigenvalue weighted by molar-refractivity contribution is 6.30. The Hall–Kier alpha value is -2.30. The van der Waals surface area contributed by atoms with E-state index < -0.39 is 0 Å². The van der Waals surface area contributed by atoms with E-state index in [0.29, 0.717) is 22.8 Å². The van der Waals surface area contributed by atoms with Crippen LogP contribution in [0.15, 0.2) is 42.5 Å². The van der Waals surface area contributed by atoms with Gasteiger partial charge in [-0.1, -0.05) is 35.9 Å². The van der Waals surface area contributed by atoms with Gasteiger partial charge in [-0.05, 0) is 49.2 Å². The summed E-state index contributed by atoms with van der Waals surface area (Å²) in [6.07, 6.45) is 4.35. The maximum Gasteiger partial charge on any atom is 0.251 e. The maximum atomic E-state index is 12.3. The fourth-order valence-corrected chi connectivity index (χ4v) is 2.46. The second kappa shape index (κ2) is 9.25. The average Bonchev–Trinajstić information content (AvgIpc) is 2.61. The first-order valence-electron chi connectivity index (χ1n) is 8.07. The average molecular weight is 360 g/mol. The van der Waals surface area contributed by atoms with Crippen molar-refractivity contribution in [1.82, 2.24) is 5.32 Å². The molecule has 0 aromatic heterocycles. The zero-order chi connectivity index (χ0) is 18.2. The molecule has 0 fully saturated rings. The second-order valence-electron chi connectivity index (χ2n) is 5.73. The Balaban J connectivity index is 2.21. The van der Waals surface area contributed by atoms with E-state index in [0.717, 1.165) is 11.1 Å². The normalized spacial score (nSPS) is 12.2. The molecule has 0 spiro atoms. The zero-order valence-electron chi connectivity index (χ0n) is 14.3. The number of rotatable bonds is 7. The summed E-state index contributed by atoms with van der Waals surface area (Å²) in [6, 6.07) is 12.7. The van der Waals surface area contributed by atoms with Crippen LogP contribution in [0.1, 0.15) is 34.8 Å². The lowest BCUT2D eigenvalue weighted by Gasteiger charge is -2.13. The molecule has 0 aliphatic heterocycles. The van der Waals surface area contributed by atoms with Gasteiger partial charge < -0.3 is 15.2 Å². The summed E-state index contributed by atoms with van der Waals surface area (Å²) in [4.78, 5) is 12.3. The number of methoxy groups -OCH3 is 1. The van der Waals surface area contributed by atoms with Crippen molar-refractivity contribution in [2.75, 3.05) is 13.7 Å². The first-order chi connectivity index (χ1) is 12.0. The van der Waals surface area contributed by atoms with E-state index >= 15 is 0 Å². The molecule has 0 aliphatic carbocycles. The molecule has 1 amide bonds. The lowest BCUT2D eigenvalue weighted by Crippen LogP contribution is -2.33. The molecule has 5 heteroatoms. The van der Waals surface area contributed by atoms with Gasteiger partial charge in [-0.15, -0.1) is 0 Å². The number of ether oxygens (including phenoxy) is 1. The topological polar surface area (TPSA) is 58.6 Å². The minimum absolute atomic E-state index is 0.0408. The molecular formula is C20H22ClNO3. The predicted molar refractivity (Wildman–Crippen MR) is 102 cm³/mol. The third-order valence-electron chi connectivity index (χ3n) is 3.76. The van der Waals surface area contributed by atoms with Crippen molar-refractivity contribution in [3.05, 3.63) is 64.2 Å². The molecule has 25 heavy (non-hydrogen) atoms. The minimum Gasteiger partial charge on any atom is -0.496 e. The minimum atomic E-state index is -0.176. The lowest BCUT2D eigenvalue weighted by molar-refractivity contribution is 0.0934. The second-order valence-corrected chi connectivity index (χ2v) is 6.16. The first-order valence-corrected chi connectivity index (χ1v) is 8.44. The number of hydrogen-bond donors (Lipinski definition) is 2. The molecule has 0 heterocycles. The van der Waals surface area contributed by atoms with Crippen molar-refractivity contribution in [2.45, 2.75) is 19.4 Å². The van der Waals surface area contributed by atoms with Crippen molar-refractivity contribution in [3.63, 3.8) is 0 Å². The smallest absolute Gasteiger partial charge is 0.251 e. The van der Waals surface area contributed by atoms with Gasteiger partial charge in [0.1, 0.15) is 5.75 Å². The SMILES string of the molecule is COc1ccc(C(=O)NC(C)CCO)cc1/C=C/c1ccc(Cl)cc1. The van der Waals surface area contributed by atoms with Crippen LogP contribution in [-0.2, 0) is 0 Å². The highest BCUT2D eigenvalue weighted by atomic mass is 35.5. The van der Waals surface area contributed by atoms with Gasteiger partial charge in [0.2, 0.25) is 0 Å². The molecule has 0 saturated carbocycles. The molecule has 4 nitrogen and oxygen atoms in total. The number of carbonyl (C=O) groups excluding carboxylic acids is 1. The van der Waals surface area contributed by atoms with Crippen molar-refractivity contribution < 1.29 is 14.6 Å². The fourth-order valence-electron chi connectivity index (χ4n) is 2.34. The molecule has 1 unspecified atom stereocenters. The number of hydrogen-bond acceptors (Lipinski definition) is 3. The van der Waals surface area contributed by atoms with Crippen LogP contribution in [0.2, 0.25) is 5.02 Å². The maximum absolute atomic E-state index is 12.3. The van der Waals surface area contributed by atoms with E-state index in [9.17, 15) is 4.79 Å². The van der Waals surface area contributed by atoms with Crippen LogP contribution in [0.3, 0.4) is 0 Å². The summed E-state index contributed by atoms with van der Waals surface area (Å²) in [7, 11) is 1.60. The number of aliphatic hydroxyl groups excluding tert-OH is 1. The van der Waals surface area contributed by atoms with Crippen LogP contribution < -0.4 is 10.1 Å². The Bertz CT molecular complexity index is 741. The van der Waals surface area contributed by atoms with Gasteiger partial charge in [-0.2, -0.15) is 0 Å². The van der Waals surface area contributed by atoms with Crippen molar-refractivity contribution in [1.29, 1.82) is 0 Å². The molecule has 0 radical (unpaired) electrons. The summed E-state index contributed by atoms with van der Waals surface area (Å²) in [6.45, 7) is 1.90. The summed E-state index contributed by atoms with van der Waals surface area (Å²) in [5.41, 5.74) is 2.35. The van der Waals surface area contributed by atoms with E-state index in [-0.39, 0.29) is 18.6 Å². The van der Waals surface area contributed by atoms with Gasteiger partial charge in [0.15, 0.2) is 0 Å². The summed E-state index contributed by atoms with van der Waals surface area (Å²) in [5.74, 6) is 0.509. The Morgan fingerprint density at radius 3 is 2.60 bits per heavy atom. The van der Waals surface area contributed by atoms with Gasteiger partial charge in [0.25, 0.3) is 5.91 Å². The molecule has 132 valence electrons. The third kappa shape index (κ3) is 5.62. The first kappa shape index (κ1) is 19.0. The van der Waals surface area contributed by atoms with E-state index in [1.807, 2.05) is 43.3 Å². The number of halogens is 1. The Kier molecular flexibility index (Phi) is 7.04.